The Kier molecular flexibility index (Phi) is 5.41. The van der Waals surface area contributed by atoms with Gasteiger partial charge in [-0.2, -0.15) is 0 Å². The van der Waals surface area contributed by atoms with E-state index in [1.807, 2.05) is 4.90 Å². The van der Waals surface area contributed by atoms with E-state index in [1.54, 1.807) is 32.4 Å². The quantitative estimate of drug-likeness (QED) is 0.848. The Bertz CT molecular complexity index is 485. The molecule has 2 rings (SSSR count). The van der Waals surface area contributed by atoms with Crippen molar-refractivity contribution in [2.45, 2.75) is 12.5 Å². The third-order valence-corrected chi connectivity index (χ3v) is 3.70. The van der Waals surface area contributed by atoms with Gasteiger partial charge in [0.2, 0.25) is 0 Å². The average Bonchev–Trinajstić information content (AvgIpc) is 2.76. The maximum atomic E-state index is 11.7. The molecule has 1 saturated heterocycles. The van der Waals surface area contributed by atoms with Crippen LogP contribution in [0.3, 0.4) is 0 Å². The molecule has 1 heterocycles. The van der Waals surface area contributed by atoms with Crippen LogP contribution in [0.2, 0.25) is 0 Å². The highest BCUT2D eigenvalue weighted by atomic mass is 16.5. The number of carbonyl (C=O) groups is 1. The number of carboxylic acids is 1. The van der Waals surface area contributed by atoms with E-state index in [4.69, 9.17) is 9.47 Å². The van der Waals surface area contributed by atoms with E-state index < -0.39 is 12.0 Å². The van der Waals surface area contributed by atoms with Crippen molar-refractivity contribution in [1.82, 2.24) is 10.2 Å². The summed E-state index contributed by atoms with van der Waals surface area (Å²) < 4.78 is 10.5. The summed E-state index contributed by atoms with van der Waals surface area (Å²) in [5.74, 6) is 0.307. The number of rotatable bonds is 5. The van der Waals surface area contributed by atoms with E-state index in [9.17, 15) is 9.90 Å². The first kappa shape index (κ1) is 15.6. The fraction of sp³-hybridized carbons (Fsp3) is 0.533. The van der Waals surface area contributed by atoms with Crippen molar-refractivity contribution in [2.24, 2.45) is 0 Å². The lowest BCUT2D eigenvalue weighted by molar-refractivity contribution is -0.143. The van der Waals surface area contributed by atoms with Gasteiger partial charge < -0.3 is 19.9 Å². The minimum atomic E-state index is -0.843. The van der Waals surface area contributed by atoms with Gasteiger partial charge in [-0.15, -0.1) is 0 Å². The van der Waals surface area contributed by atoms with Crippen molar-refractivity contribution in [3.63, 3.8) is 0 Å². The monoisotopic (exact) mass is 294 g/mol. The smallest absolute Gasteiger partial charge is 0.325 e. The van der Waals surface area contributed by atoms with Crippen LogP contribution in [0.4, 0.5) is 0 Å². The number of aliphatic carboxylic acids is 1. The van der Waals surface area contributed by atoms with Gasteiger partial charge in [-0.1, -0.05) is 6.07 Å². The molecular weight excluding hydrogens is 272 g/mol. The molecule has 1 fully saturated rings. The van der Waals surface area contributed by atoms with Crippen LogP contribution in [-0.2, 0) is 4.79 Å². The van der Waals surface area contributed by atoms with Crippen molar-refractivity contribution < 1.29 is 19.4 Å². The molecule has 6 heteroatoms. The molecule has 21 heavy (non-hydrogen) atoms. The van der Waals surface area contributed by atoms with Gasteiger partial charge in [-0.3, -0.25) is 9.69 Å². The van der Waals surface area contributed by atoms with E-state index in [0.29, 0.717) is 23.6 Å². The van der Waals surface area contributed by atoms with Crippen LogP contribution >= 0.6 is 0 Å². The molecule has 6 nitrogen and oxygen atoms in total. The van der Waals surface area contributed by atoms with Crippen molar-refractivity contribution in [3.8, 4) is 11.5 Å². The highest BCUT2D eigenvalue weighted by Gasteiger charge is 2.28. The predicted molar refractivity (Wildman–Crippen MR) is 79.0 cm³/mol. The predicted octanol–water partition coefficient (Wildman–Crippen LogP) is 1.12. The second-order valence-corrected chi connectivity index (χ2v) is 4.99. The summed E-state index contributed by atoms with van der Waals surface area (Å²) in [6.45, 7) is 3.20. The topological polar surface area (TPSA) is 71.0 Å². The third kappa shape index (κ3) is 3.65. The van der Waals surface area contributed by atoms with Crippen LogP contribution in [0, 0.1) is 0 Å². The van der Waals surface area contributed by atoms with Gasteiger partial charge >= 0.3 is 5.97 Å². The molecule has 116 valence electrons. The lowest BCUT2D eigenvalue weighted by atomic mass is 10.0. The van der Waals surface area contributed by atoms with Gasteiger partial charge in [0.15, 0.2) is 11.5 Å². The molecule has 1 aromatic carbocycles. The molecule has 1 aliphatic heterocycles. The van der Waals surface area contributed by atoms with Gasteiger partial charge in [0.25, 0.3) is 0 Å². The molecule has 0 aromatic heterocycles. The molecule has 1 aliphatic rings. The second-order valence-electron chi connectivity index (χ2n) is 4.99. The number of methoxy groups -OCH3 is 2. The fourth-order valence-corrected chi connectivity index (χ4v) is 2.66. The number of carboxylic acid groups (broad SMARTS) is 1. The Hall–Kier alpha value is -1.79. The number of nitrogens with zero attached hydrogens (tertiary/aromatic N) is 1. The molecule has 2 N–H and O–H groups in total. The molecule has 0 amide bonds. The number of ether oxygens (including phenoxy) is 2. The van der Waals surface area contributed by atoms with Crippen LogP contribution in [0.25, 0.3) is 0 Å². The van der Waals surface area contributed by atoms with E-state index in [-0.39, 0.29) is 0 Å². The third-order valence-electron chi connectivity index (χ3n) is 3.70. The summed E-state index contributed by atoms with van der Waals surface area (Å²) in [7, 11) is 3.11. The Morgan fingerprint density at radius 2 is 2.00 bits per heavy atom. The first-order valence-electron chi connectivity index (χ1n) is 7.07. The fourth-order valence-electron chi connectivity index (χ4n) is 2.66. The molecule has 0 spiro atoms. The first-order valence-corrected chi connectivity index (χ1v) is 7.07. The van der Waals surface area contributed by atoms with Crippen LogP contribution in [0.15, 0.2) is 18.2 Å². The van der Waals surface area contributed by atoms with E-state index in [0.717, 1.165) is 26.1 Å². The Balaban J connectivity index is 2.31. The summed E-state index contributed by atoms with van der Waals surface area (Å²) in [4.78, 5) is 13.7. The van der Waals surface area contributed by atoms with Crippen LogP contribution in [0.5, 0.6) is 11.5 Å². The summed E-state index contributed by atoms with van der Waals surface area (Å²) >= 11 is 0. The molecule has 1 aromatic rings. The molecule has 0 bridgehead atoms. The van der Waals surface area contributed by atoms with Gasteiger partial charge in [0.1, 0.15) is 6.04 Å². The Morgan fingerprint density at radius 1 is 1.24 bits per heavy atom. The summed E-state index contributed by atoms with van der Waals surface area (Å²) in [5.41, 5.74) is 0.710. The Morgan fingerprint density at radius 3 is 2.67 bits per heavy atom. The van der Waals surface area contributed by atoms with Crippen molar-refractivity contribution in [1.29, 1.82) is 0 Å². The molecule has 0 saturated carbocycles. The van der Waals surface area contributed by atoms with Crippen LogP contribution in [0.1, 0.15) is 18.0 Å². The van der Waals surface area contributed by atoms with Crippen LogP contribution < -0.4 is 14.8 Å². The second kappa shape index (κ2) is 7.28. The van der Waals surface area contributed by atoms with E-state index >= 15 is 0 Å². The maximum absolute atomic E-state index is 11.7. The minimum Gasteiger partial charge on any atom is -0.493 e. The number of hydrogen-bond acceptors (Lipinski definition) is 5. The van der Waals surface area contributed by atoms with Crippen molar-refractivity contribution in [2.75, 3.05) is 40.4 Å². The molecule has 0 aliphatic carbocycles. The number of benzene rings is 1. The van der Waals surface area contributed by atoms with Gasteiger partial charge in [0.05, 0.1) is 14.2 Å². The van der Waals surface area contributed by atoms with Gasteiger partial charge in [0, 0.05) is 19.6 Å². The first-order chi connectivity index (χ1) is 10.2. The molecule has 1 unspecified atom stereocenters. The zero-order valence-electron chi connectivity index (χ0n) is 12.5. The molecule has 0 radical (unpaired) electrons. The number of nitrogens with one attached hydrogen (secondary N) is 1. The van der Waals surface area contributed by atoms with Gasteiger partial charge in [-0.25, -0.2) is 0 Å². The molecular formula is C15H22N2O4. The largest absolute Gasteiger partial charge is 0.493 e. The minimum absolute atomic E-state index is 0.550. The van der Waals surface area contributed by atoms with Crippen molar-refractivity contribution >= 4 is 5.97 Å². The Labute approximate surface area is 124 Å². The van der Waals surface area contributed by atoms with Crippen molar-refractivity contribution in [3.05, 3.63) is 23.8 Å². The lowest BCUT2D eigenvalue weighted by Gasteiger charge is -2.27. The highest BCUT2D eigenvalue weighted by molar-refractivity contribution is 5.76. The average molecular weight is 294 g/mol. The van der Waals surface area contributed by atoms with Gasteiger partial charge in [-0.05, 0) is 30.7 Å². The van der Waals surface area contributed by atoms with E-state index in [1.165, 1.54) is 0 Å². The maximum Gasteiger partial charge on any atom is 0.325 e. The highest BCUT2D eigenvalue weighted by Crippen LogP contribution is 2.32. The standard InChI is InChI=1S/C15H22N2O4/c1-20-12-5-4-11(10-13(12)21-2)14(15(18)19)17-8-3-6-16-7-9-17/h4-5,10,14,16H,3,6-9H2,1-2H3,(H,18,19). The zero-order chi connectivity index (χ0) is 15.2. The molecule has 1 atom stereocenters. The summed E-state index contributed by atoms with van der Waals surface area (Å²) in [5, 5.41) is 12.9. The normalized spacial score (nSPS) is 17.8. The van der Waals surface area contributed by atoms with Crippen LogP contribution in [-0.4, -0.2) is 56.4 Å². The zero-order valence-corrected chi connectivity index (χ0v) is 12.5. The lowest BCUT2D eigenvalue weighted by Crippen LogP contribution is -2.36. The number of hydrogen-bond donors (Lipinski definition) is 2. The summed E-state index contributed by atoms with van der Waals surface area (Å²) in [6.07, 6.45) is 0.942. The SMILES string of the molecule is COc1ccc(C(C(=O)O)N2CCCNCC2)cc1OC. The van der Waals surface area contributed by atoms with E-state index in [2.05, 4.69) is 5.32 Å². The summed E-state index contributed by atoms with van der Waals surface area (Å²) in [6, 6.07) is 4.62.